The van der Waals surface area contributed by atoms with E-state index in [1.54, 1.807) is 27.7 Å². The van der Waals surface area contributed by atoms with Gasteiger partial charge in [-0.25, -0.2) is 9.59 Å². The summed E-state index contributed by atoms with van der Waals surface area (Å²) < 4.78 is 32.9. The van der Waals surface area contributed by atoms with E-state index < -0.39 is 47.9 Å². The highest BCUT2D eigenvalue weighted by atomic mass is 16.8. The first-order valence-corrected chi connectivity index (χ1v) is 7.20. The van der Waals surface area contributed by atoms with Crippen LogP contribution < -0.4 is 0 Å². The van der Waals surface area contributed by atoms with Gasteiger partial charge >= 0.3 is 11.9 Å². The van der Waals surface area contributed by atoms with E-state index in [1.807, 2.05) is 0 Å². The summed E-state index contributed by atoms with van der Waals surface area (Å²) in [6, 6.07) is 0. The van der Waals surface area contributed by atoms with E-state index in [-0.39, 0.29) is 6.61 Å². The molecule has 0 aromatic rings. The lowest BCUT2D eigenvalue weighted by atomic mass is 10.0. The Morgan fingerprint density at radius 3 is 2.27 bits per heavy atom. The van der Waals surface area contributed by atoms with Gasteiger partial charge in [0.2, 0.25) is 6.10 Å². The lowest BCUT2D eigenvalue weighted by Crippen LogP contribution is -2.52. The number of cyclic esters (lactones) is 2. The normalized spacial score (nSPS) is 40.4. The van der Waals surface area contributed by atoms with Crippen LogP contribution in [0, 0.1) is 0 Å². The minimum Gasteiger partial charge on any atom is -0.451 e. The maximum Gasteiger partial charge on any atom is 0.350 e. The maximum absolute atomic E-state index is 11.9. The van der Waals surface area contributed by atoms with E-state index in [0.29, 0.717) is 6.61 Å². The topological polar surface area (TPSA) is 89.5 Å². The standard InChI is InChI=1S/C14H20O8/c1-13(2)18-5-7(20-13)9-10(22-14(3,4)21-9)11-12(16)17-6-8(15)19-11/h7,9-11H,5-6H2,1-4H3/t7-,9-,10+,11?/m0/s1. The number of esters is 2. The summed E-state index contributed by atoms with van der Waals surface area (Å²) in [6.45, 7) is 6.93. The number of hydrogen-bond acceptors (Lipinski definition) is 8. The fourth-order valence-electron chi connectivity index (χ4n) is 2.85. The number of carbonyl (C=O) groups excluding carboxylic acids is 2. The zero-order valence-corrected chi connectivity index (χ0v) is 13.0. The number of ether oxygens (including phenoxy) is 6. The Hall–Kier alpha value is -1.22. The fourth-order valence-corrected chi connectivity index (χ4v) is 2.85. The SMILES string of the molecule is CC1(C)OC[C@@H]([C@@H]2OC(C)(C)O[C@H]2C2OC(=O)COC2=O)O1. The summed E-state index contributed by atoms with van der Waals surface area (Å²) >= 11 is 0. The molecule has 4 atom stereocenters. The van der Waals surface area contributed by atoms with Crippen molar-refractivity contribution in [2.45, 2.75) is 63.7 Å². The first kappa shape index (κ1) is 15.7. The predicted octanol–water partition coefficient (Wildman–Crippen LogP) is 0.127. The molecular formula is C14H20O8. The van der Waals surface area contributed by atoms with E-state index in [1.165, 1.54) is 0 Å². The molecule has 3 saturated heterocycles. The second-order valence-electron chi connectivity index (χ2n) is 6.45. The Bertz CT molecular complexity index is 485. The summed E-state index contributed by atoms with van der Waals surface area (Å²) in [7, 11) is 0. The van der Waals surface area contributed by atoms with Gasteiger partial charge in [0.25, 0.3) is 0 Å². The number of carbonyl (C=O) groups is 2. The monoisotopic (exact) mass is 316 g/mol. The van der Waals surface area contributed by atoms with Crippen LogP contribution in [0.2, 0.25) is 0 Å². The molecule has 3 heterocycles. The molecule has 1 unspecified atom stereocenters. The third-order valence-electron chi connectivity index (χ3n) is 3.68. The van der Waals surface area contributed by atoms with E-state index in [9.17, 15) is 9.59 Å². The second kappa shape index (κ2) is 5.16. The van der Waals surface area contributed by atoms with Gasteiger partial charge in [-0.2, -0.15) is 0 Å². The molecule has 8 heteroatoms. The zero-order chi connectivity index (χ0) is 16.1. The smallest absolute Gasteiger partial charge is 0.350 e. The lowest BCUT2D eigenvalue weighted by molar-refractivity contribution is -0.200. The van der Waals surface area contributed by atoms with Crippen LogP contribution in [0.5, 0.6) is 0 Å². The molecule has 0 bridgehead atoms. The lowest BCUT2D eigenvalue weighted by Gasteiger charge is -2.29. The van der Waals surface area contributed by atoms with Crippen LogP contribution in [0.15, 0.2) is 0 Å². The van der Waals surface area contributed by atoms with Crippen molar-refractivity contribution in [3.05, 3.63) is 0 Å². The Morgan fingerprint density at radius 1 is 0.955 bits per heavy atom. The number of hydrogen-bond donors (Lipinski definition) is 0. The second-order valence-corrected chi connectivity index (χ2v) is 6.45. The van der Waals surface area contributed by atoms with Crippen LogP contribution in [-0.2, 0) is 38.0 Å². The fraction of sp³-hybridized carbons (Fsp3) is 0.857. The van der Waals surface area contributed by atoms with Crippen molar-refractivity contribution in [3.63, 3.8) is 0 Å². The quantitative estimate of drug-likeness (QED) is 0.664. The van der Waals surface area contributed by atoms with Crippen LogP contribution in [-0.4, -0.2) is 61.1 Å². The zero-order valence-electron chi connectivity index (χ0n) is 13.0. The average Bonchev–Trinajstić information content (AvgIpc) is 2.92. The largest absolute Gasteiger partial charge is 0.451 e. The Morgan fingerprint density at radius 2 is 1.64 bits per heavy atom. The van der Waals surface area contributed by atoms with Crippen LogP contribution in [0.3, 0.4) is 0 Å². The van der Waals surface area contributed by atoms with Gasteiger partial charge in [0.1, 0.15) is 18.3 Å². The Kier molecular flexibility index (Phi) is 3.67. The van der Waals surface area contributed by atoms with E-state index in [2.05, 4.69) is 0 Å². The summed E-state index contributed by atoms with van der Waals surface area (Å²) in [5.74, 6) is -2.93. The number of rotatable bonds is 2. The van der Waals surface area contributed by atoms with Crippen molar-refractivity contribution < 1.29 is 38.0 Å². The van der Waals surface area contributed by atoms with Crippen molar-refractivity contribution in [2.75, 3.05) is 13.2 Å². The van der Waals surface area contributed by atoms with Crippen molar-refractivity contribution in [1.29, 1.82) is 0 Å². The van der Waals surface area contributed by atoms with Gasteiger partial charge in [-0.3, -0.25) is 0 Å². The summed E-state index contributed by atoms with van der Waals surface area (Å²) in [5, 5.41) is 0. The van der Waals surface area contributed by atoms with Crippen LogP contribution in [0.1, 0.15) is 27.7 Å². The van der Waals surface area contributed by atoms with Gasteiger partial charge in [0.15, 0.2) is 18.2 Å². The van der Waals surface area contributed by atoms with Crippen LogP contribution >= 0.6 is 0 Å². The molecule has 0 aliphatic carbocycles. The van der Waals surface area contributed by atoms with Gasteiger partial charge < -0.3 is 28.4 Å². The van der Waals surface area contributed by atoms with Crippen LogP contribution in [0.4, 0.5) is 0 Å². The highest BCUT2D eigenvalue weighted by Gasteiger charge is 2.56. The summed E-state index contributed by atoms with van der Waals surface area (Å²) in [4.78, 5) is 23.3. The van der Waals surface area contributed by atoms with Gasteiger partial charge in [-0.1, -0.05) is 0 Å². The first-order chi connectivity index (χ1) is 10.2. The average molecular weight is 316 g/mol. The minimum absolute atomic E-state index is 0.295. The van der Waals surface area contributed by atoms with Gasteiger partial charge in [0.05, 0.1) is 6.61 Å². The molecule has 3 fully saturated rings. The Labute approximate surface area is 127 Å². The van der Waals surface area contributed by atoms with Gasteiger partial charge in [-0.15, -0.1) is 0 Å². The minimum atomic E-state index is -1.17. The molecule has 0 radical (unpaired) electrons. The molecular weight excluding hydrogens is 296 g/mol. The molecule has 0 spiro atoms. The third kappa shape index (κ3) is 2.96. The van der Waals surface area contributed by atoms with E-state index in [0.717, 1.165) is 0 Å². The molecule has 22 heavy (non-hydrogen) atoms. The summed E-state index contributed by atoms with van der Waals surface area (Å²) in [5.41, 5.74) is 0. The molecule has 0 aromatic carbocycles. The highest BCUT2D eigenvalue weighted by molar-refractivity contribution is 5.85. The molecule has 0 N–H and O–H groups in total. The predicted molar refractivity (Wildman–Crippen MR) is 69.6 cm³/mol. The molecule has 8 nitrogen and oxygen atoms in total. The van der Waals surface area contributed by atoms with Crippen molar-refractivity contribution in [1.82, 2.24) is 0 Å². The van der Waals surface area contributed by atoms with Crippen LogP contribution in [0.25, 0.3) is 0 Å². The highest BCUT2D eigenvalue weighted by Crippen LogP contribution is 2.37. The molecule has 0 saturated carbocycles. The van der Waals surface area contributed by atoms with Crippen molar-refractivity contribution in [2.24, 2.45) is 0 Å². The molecule has 0 aromatic heterocycles. The third-order valence-corrected chi connectivity index (χ3v) is 3.68. The van der Waals surface area contributed by atoms with Crippen molar-refractivity contribution >= 4 is 11.9 Å². The molecule has 124 valence electrons. The maximum atomic E-state index is 11.9. The molecule has 3 aliphatic heterocycles. The summed E-state index contributed by atoms with van der Waals surface area (Å²) in [6.07, 6.45) is -3.02. The van der Waals surface area contributed by atoms with Gasteiger partial charge in [0, 0.05) is 0 Å². The molecule has 3 rings (SSSR count). The first-order valence-electron chi connectivity index (χ1n) is 7.20. The van der Waals surface area contributed by atoms with Gasteiger partial charge in [-0.05, 0) is 27.7 Å². The van der Waals surface area contributed by atoms with Crippen molar-refractivity contribution in [3.8, 4) is 0 Å². The molecule has 3 aliphatic rings. The Balaban J connectivity index is 1.81. The molecule has 0 amide bonds. The van der Waals surface area contributed by atoms with E-state index in [4.69, 9.17) is 28.4 Å². The van der Waals surface area contributed by atoms with E-state index >= 15 is 0 Å².